The van der Waals surface area contributed by atoms with Crippen LogP contribution in [0.5, 0.6) is 5.75 Å². The number of hydrogen-bond acceptors (Lipinski definition) is 2. The largest absolute Gasteiger partial charge is 0.493 e. The normalized spacial score (nSPS) is 16.0. The van der Waals surface area contributed by atoms with Crippen molar-refractivity contribution < 1.29 is 4.74 Å². The number of fused-ring (bicyclic) bond motifs is 1. The fraction of sp³-hybridized carbons (Fsp3) is 0.286. The van der Waals surface area contributed by atoms with Crippen LogP contribution in [0.2, 0.25) is 0 Å². The molecule has 2 nitrogen and oxygen atoms in total. The standard InChI is InChI=1S/C14H15NO/c1-2-4-13-7-14(6-5-12(13)3-1)16-10-11-8-15-9-11/h1-7,11,15H,8-10H2. The lowest BCUT2D eigenvalue weighted by Crippen LogP contribution is -2.45. The summed E-state index contributed by atoms with van der Waals surface area (Å²) in [5, 5.41) is 5.75. The Morgan fingerprint density at radius 2 is 1.88 bits per heavy atom. The number of ether oxygens (including phenoxy) is 1. The average molecular weight is 213 g/mol. The first-order valence-electron chi connectivity index (χ1n) is 5.74. The predicted molar refractivity (Wildman–Crippen MR) is 65.8 cm³/mol. The van der Waals surface area contributed by atoms with Crippen LogP contribution in [0.1, 0.15) is 0 Å². The maximum atomic E-state index is 5.78. The van der Waals surface area contributed by atoms with E-state index in [-0.39, 0.29) is 0 Å². The molecule has 3 rings (SSSR count). The Morgan fingerprint density at radius 3 is 2.62 bits per heavy atom. The van der Waals surface area contributed by atoms with E-state index in [0.29, 0.717) is 5.92 Å². The summed E-state index contributed by atoms with van der Waals surface area (Å²) in [4.78, 5) is 0. The molecular formula is C14H15NO. The molecule has 2 heteroatoms. The molecule has 1 aliphatic heterocycles. The van der Waals surface area contributed by atoms with E-state index in [1.807, 2.05) is 0 Å². The molecule has 0 aromatic heterocycles. The summed E-state index contributed by atoms with van der Waals surface area (Å²) < 4.78 is 5.78. The second-order valence-corrected chi connectivity index (χ2v) is 4.34. The van der Waals surface area contributed by atoms with Crippen LogP contribution in [0.3, 0.4) is 0 Å². The van der Waals surface area contributed by atoms with Crippen molar-refractivity contribution in [2.45, 2.75) is 0 Å². The molecule has 2 aromatic carbocycles. The van der Waals surface area contributed by atoms with Crippen molar-refractivity contribution in [3.05, 3.63) is 42.5 Å². The molecule has 0 aliphatic carbocycles. The van der Waals surface area contributed by atoms with Crippen LogP contribution in [-0.4, -0.2) is 19.7 Å². The zero-order valence-electron chi connectivity index (χ0n) is 9.15. The Labute approximate surface area is 95.2 Å². The smallest absolute Gasteiger partial charge is 0.119 e. The molecule has 0 saturated carbocycles. The van der Waals surface area contributed by atoms with E-state index in [9.17, 15) is 0 Å². The van der Waals surface area contributed by atoms with Gasteiger partial charge in [-0.05, 0) is 22.9 Å². The number of benzene rings is 2. The van der Waals surface area contributed by atoms with E-state index >= 15 is 0 Å². The monoisotopic (exact) mass is 213 g/mol. The molecule has 0 atom stereocenters. The first-order valence-corrected chi connectivity index (χ1v) is 5.74. The van der Waals surface area contributed by atoms with E-state index < -0.39 is 0 Å². The molecule has 1 heterocycles. The maximum absolute atomic E-state index is 5.78. The molecule has 16 heavy (non-hydrogen) atoms. The van der Waals surface area contributed by atoms with Gasteiger partial charge in [-0.3, -0.25) is 0 Å². The highest BCUT2D eigenvalue weighted by molar-refractivity contribution is 5.83. The Kier molecular flexibility index (Phi) is 2.50. The maximum Gasteiger partial charge on any atom is 0.119 e. The van der Waals surface area contributed by atoms with Gasteiger partial charge in [0.15, 0.2) is 0 Å². The SMILES string of the molecule is c1ccc2cc(OCC3CNC3)ccc2c1. The van der Waals surface area contributed by atoms with Crippen molar-refractivity contribution in [3.63, 3.8) is 0 Å². The van der Waals surface area contributed by atoms with Crippen LogP contribution in [0, 0.1) is 5.92 Å². The molecule has 0 bridgehead atoms. The highest BCUT2D eigenvalue weighted by atomic mass is 16.5. The van der Waals surface area contributed by atoms with Crippen LogP contribution >= 0.6 is 0 Å². The van der Waals surface area contributed by atoms with Crippen LogP contribution in [0.4, 0.5) is 0 Å². The van der Waals surface area contributed by atoms with Gasteiger partial charge in [-0.2, -0.15) is 0 Å². The Morgan fingerprint density at radius 1 is 1.06 bits per heavy atom. The zero-order chi connectivity index (χ0) is 10.8. The molecule has 82 valence electrons. The summed E-state index contributed by atoms with van der Waals surface area (Å²) in [6.45, 7) is 3.01. The Balaban J connectivity index is 1.76. The van der Waals surface area contributed by atoms with Gasteiger partial charge in [-0.25, -0.2) is 0 Å². The fourth-order valence-corrected chi connectivity index (χ4v) is 1.94. The van der Waals surface area contributed by atoms with E-state index in [1.54, 1.807) is 0 Å². The molecule has 0 spiro atoms. The molecular weight excluding hydrogens is 198 g/mol. The minimum Gasteiger partial charge on any atom is -0.493 e. The highest BCUT2D eigenvalue weighted by Gasteiger charge is 2.16. The topological polar surface area (TPSA) is 21.3 Å². The molecule has 1 saturated heterocycles. The molecule has 1 N–H and O–H groups in total. The minimum atomic E-state index is 0.687. The third kappa shape index (κ3) is 1.89. The molecule has 1 aliphatic rings. The fourth-order valence-electron chi connectivity index (χ4n) is 1.94. The third-order valence-corrected chi connectivity index (χ3v) is 3.07. The molecule has 0 unspecified atom stereocenters. The van der Waals surface area contributed by atoms with Gasteiger partial charge in [-0.15, -0.1) is 0 Å². The van der Waals surface area contributed by atoms with Crippen LogP contribution < -0.4 is 10.1 Å². The van der Waals surface area contributed by atoms with Crippen LogP contribution in [0.25, 0.3) is 10.8 Å². The van der Waals surface area contributed by atoms with Crippen molar-refractivity contribution in [1.29, 1.82) is 0 Å². The number of nitrogens with one attached hydrogen (secondary N) is 1. The first kappa shape index (κ1) is 9.67. The van der Waals surface area contributed by atoms with Gasteiger partial charge in [-0.1, -0.05) is 30.3 Å². The second kappa shape index (κ2) is 4.14. The second-order valence-electron chi connectivity index (χ2n) is 4.34. The van der Waals surface area contributed by atoms with E-state index in [1.165, 1.54) is 10.8 Å². The summed E-state index contributed by atoms with van der Waals surface area (Å²) >= 11 is 0. The Hall–Kier alpha value is -1.54. The highest BCUT2D eigenvalue weighted by Crippen LogP contribution is 2.21. The zero-order valence-corrected chi connectivity index (χ0v) is 9.15. The van der Waals surface area contributed by atoms with Gasteiger partial charge in [0.2, 0.25) is 0 Å². The lowest BCUT2D eigenvalue weighted by Gasteiger charge is -2.26. The molecule has 2 aromatic rings. The van der Waals surface area contributed by atoms with Crippen LogP contribution in [0.15, 0.2) is 42.5 Å². The quantitative estimate of drug-likeness (QED) is 0.845. The van der Waals surface area contributed by atoms with Gasteiger partial charge < -0.3 is 10.1 Å². The number of rotatable bonds is 3. The van der Waals surface area contributed by atoms with Crippen LogP contribution in [-0.2, 0) is 0 Å². The lowest BCUT2D eigenvalue weighted by atomic mass is 10.1. The van der Waals surface area contributed by atoms with Gasteiger partial charge in [0.05, 0.1) is 6.61 Å². The van der Waals surface area contributed by atoms with Crippen molar-refractivity contribution in [2.24, 2.45) is 5.92 Å². The van der Waals surface area contributed by atoms with Crippen molar-refractivity contribution in [3.8, 4) is 5.75 Å². The number of hydrogen-bond donors (Lipinski definition) is 1. The molecule has 1 fully saturated rings. The van der Waals surface area contributed by atoms with Gasteiger partial charge >= 0.3 is 0 Å². The van der Waals surface area contributed by atoms with E-state index in [2.05, 4.69) is 47.8 Å². The first-order chi connectivity index (χ1) is 7.92. The van der Waals surface area contributed by atoms with Crippen molar-refractivity contribution in [2.75, 3.05) is 19.7 Å². The summed E-state index contributed by atoms with van der Waals surface area (Å²) in [5.41, 5.74) is 0. The molecule has 0 amide bonds. The minimum absolute atomic E-state index is 0.687. The summed E-state index contributed by atoms with van der Waals surface area (Å²) in [6, 6.07) is 14.6. The van der Waals surface area contributed by atoms with Gasteiger partial charge in [0, 0.05) is 19.0 Å². The Bertz CT molecular complexity index is 491. The summed E-state index contributed by atoms with van der Waals surface area (Å²) in [5.74, 6) is 1.66. The van der Waals surface area contributed by atoms with E-state index in [4.69, 9.17) is 4.74 Å². The van der Waals surface area contributed by atoms with Crippen molar-refractivity contribution in [1.82, 2.24) is 5.32 Å². The summed E-state index contributed by atoms with van der Waals surface area (Å²) in [6.07, 6.45) is 0. The summed E-state index contributed by atoms with van der Waals surface area (Å²) in [7, 11) is 0. The third-order valence-electron chi connectivity index (χ3n) is 3.07. The average Bonchev–Trinajstić information content (AvgIpc) is 2.27. The lowest BCUT2D eigenvalue weighted by molar-refractivity contribution is 0.199. The van der Waals surface area contributed by atoms with Gasteiger partial charge in [0.25, 0.3) is 0 Å². The van der Waals surface area contributed by atoms with Gasteiger partial charge in [0.1, 0.15) is 5.75 Å². The van der Waals surface area contributed by atoms with Crippen molar-refractivity contribution >= 4 is 10.8 Å². The van der Waals surface area contributed by atoms with E-state index in [0.717, 1.165) is 25.4 Å². The molecule has 0 radical (unpaired) electrons. The predicted octanol–water partition coefficient (Wildman–Crippen LogP) is 2.44.